The zero-order valence-corrected chi connectivity index (χ0v) is 9.07. The summed E-state index contributed by atoms with van der Waals surface area (Å²) < 4.78 is 26.3. The summed E-state index contributed by atoms with van der Waals surface area (Å²) in [5.74, 6) is -2.93. The molecule has 1 aromatic heterocycles. The molecule has 0 atom stereocenters. The van der Waals surface area contributed by atoms with Gasteiger partial charge in [0.1, 0.15) is 0 Å². The standard InChI is InChI=1S/C10H12ClF2N/c1-6(2)9-8(10(3,12)13)4-7(11)5-14-9/h4-6H,1-3H3. The van der Waals surface area contributed by atoms with Crippen LogP contribution in [0.25, 0.3) is 0 Å². The van der Waals surface area contributed by atoms with Gasteiger partial charge in [-0.2, -0.15) is 0 Å². The van der Waals surface area contributed by atoms with E-state index in [1.54, 1.807) is 0 Å². The summed E-state index contributed by atoms with van der Waals surface area (Å²) >= 11 is 5.63. The first kappa shape index (κ1) is 11.4. The Morgan fingerprint density at radius 3 is 2.43 bits per heavy atom. The molecule has 0 aliphatic carbocycles. The third-order valence-electron chi connectivity index (χ3n) is 1.90. The van der Waals surface area contributed by atoms with E-state index in [1.807, 2.05) is 13.8 Å². The molecule has 78 valence electrons. The van der Waals surface area contributed by atoms with Crippen molar-refractivity contribution in [2.45, 2.75) is 32.6 Å². The summed E-state index contributed by atoms with van der Waals surface area (Å²) in [4.78, 5) is 3.93. The van der Waals surface area contributed by atoms with Gasteiger partial charge in [-0.1, -0.05) is 25.4 Å². The molecule has 0 aliphatic heterocycles. The lowest BCUT2D eigenvalue weighted by atomic mass is 10.00. The first-order valence-electron chi connectivity index (χ1n) is 4.36. The van der Waals surface area contributed by atoms with Gasteiger partial charge in [0.05, 0.1) is 10.7 Å². The van der Waals surface area contributed by atoms with E-state index in [0.29, 0.717) is 5.69 Å². The molecule has 14 heavy (non-hydrogen) atoms. The van der Waals surface area contributed by atoms with Crippen LogP contribution in [0.5, 0.6) is 0 Å². The first-order valence-corrected chi connectivity index (χ1v) is 4.74. The number of alkyl halides is 2. The predicted octanol–water partition coefficient (Wildman–Crippen LogP) is 3.97. The van der Waals surface area contributed by atoms with Gasteiger partial charge in [-0.15, -0.1) is 0 Å². The van der Waals surface area contributed by atoms with Crippen molar-refractivity contribution in [3.05, 3.63) is 28.5 Å². The topological polar surface area (TPSA) is 12.9 Å². The third-order valence-corrected chi connectivity index (χ3v) is 2.11. The van der Waals surface area contributed by atoms with Crippen LogP contribution in [0.4, 0.5) is 8.78 Å². The van der Waals surface area contributed by atoms with Crippen LogP contribution in [0.3, 0.4) is 0 Å². The second kappa shape index (κ2) is 3.81. The number of halogens is 3. The summed E-state index contributed by atoms with van der Waals surface area (Å²) in [6.07, 6.45) is 1.39. The largest absolute Gasteiger partial charge is 0.272 e. The number of hydrogen-bond donors (Lipinski definition) is 0. The van der Waals surface area contributed by atoms with Crippen molar-refractivity contribution >= 4 is 11.6 Å². The highest BCUT2D eigenvalue weighted by Gasteiger charge is 2.29. The fourth-order valence-electron chi connectivity index (χ4n) is 1.26. The molecule has 0 aromatic carbocycles. The van der Waals surface area contributed by atoms with E-state index in [0.717, 1.165) is 6.92 Å². The molecule has 0 saturated heterocycles. The molecule has 0 radical (unpaired) electrons. The second-order valence-corrected chi connectivity index (χ2v) is 4.07. The minimum Gasteiger partial charge on any atom is -0.259 e. The van der Waals surface area contributed by atoms with Crippen LogP contribution in [0.1, 0.15) is 37.9 Å². The SMILES string of the molecule is CC(C)c1ncc(Cl)cc1C(C)(F)F. The van der Waals surface area contributed by atoms with E-state index in [1.165, 1.54) is 12.3 Å². The van der Waals surface area contributed by atoms with E-state index >= 15 is 0 Å². The normalized spacial score (nSPS) is 12.2. The van der Waals surface area contributed by atoms with Gasteiger partial charge in [0.15, 0.2) is 0 Å². The smallest absolute Gasteiger partial charge is 0.259 e. The number of pyridine rings is 1. The maximum Gasteiger partial charge on any atom is 0.272 e. The predicted molar refractivity (Wildman–Crippen MR) is 52.9 cm³/mol. The first-order chi connectivity index (χ1) is 6.32. The molecule has 1 nitrogen and oxygen atoms in total. The highest BCUT2D eigenvalue weighted by molar-refractivity contribution is 6.30. The Kier molecular flexibility index (Phi) is 3.10. The zero-order valence-electron chi connectivity index (χ0n) is 8.31. The molecule has 1 rings (SSSR count). The average molecular weight is 220 g/mol. The van der Waals surface area contributed by atoms with Crippen molar-refractivity contribution in [3.8, 4) is 0 Å². The summed E-state index contributed by atoms with van der Waals surface area (Å²) in [6.45, 7) is 4.50. The molecule has 0 spiro atoms. The molecule has 0 unspecified atom stereocenters. The number of aromatic nitrogens is 1. The summed E-state index contributed by atoms with van der Waals surface area (Å²) in [5.41, 5.74) is 0.321. The van der Waals surface area contributed by atoms with Gasteiger partial charge in [-0.05, 0) is 12.0 Å². The lowest BCUT2D eigenvalue weighted by molar-refractivity contribution is 0.0158. The van der Waals surface area contributed by atoms with E-state index in [2.05, 4.69) is 4.98 Å². The van der Waals surface area contributed by atoms with Crippen LogP contribution < -0.4 is 0 Å². The minimum absolute atomic E-state index is 0.0342. The summed E-state index contributed by atoms with van der Waals surface area (Å²) in [7, 11) is 0. The molecular weight excluding hydrogens is 208 g/mol. The lowest BCUT2D eigenvalue weighted by Gasteiger charge is -2.17. The molecular formula is C10H12ClF2N. The van der Waals surface area contributed by atoms with Crippen molar-refractivity contribution in [1.82, 2.24) is 4.98 Å². The Labute approximate surface area is 87.1 Å². The van der Waals surface area contributed by atoms with Gasteiger partial charge in [-0.25, -0.2) is 8.78 Å². The van der Waals surface area contributed by atoms with Gasteiger partial charge in [0.2, 0.25) is 0 Å². The molecule has 4 heteroatoms. The van der Waals surface area contributed by atoms with Gasteiger partial charge in [0.25, 0.3) is 5.92 Å². The van der Waals surface area contributed by atoms with E-state index < -0.39 is 5.92 Å². The van der Waals surface area contributed by atoms with Crippen molar-refractivity contribution < 1.29 is 8.78 Å². The fourth-order valence-corrected chi connectivity index (χ4v) is 1.42. The quantitative estimate of drug-likeness (QED) is 0.734. The van der Waals surface area contributed by atoms with Gasteiger partial charge in [-0.3, -0.25) is 4.98 Å². The van der Waals surface area contributed by atoms with Crippen molar-refractivity contribution in [3.63, 3.8) is 0 Å². The maximum absolute atomic E-state index is 13.2. The number of hydrogen-bond acceptors (Lipinski definition) is 1. The van der Waals surface area contributed by atoms with Gasteiger partial charge in [0, 0.05) is 18.7 Å². The Morgan fingerprint density at radius 1 is 1.43 bits per heavy atom. The molecule has 0 bridgehead atoms. The fraction of sp³-hybridized carbons (Fsp3) is 0.500. The average Bonchev–Trinajstić information content (AvgIpc) is 2.01. The molecule has 1 heterocycles. The van der Waals surface area contributed by atoms with Crippen LogP contribution in [0.15, 0.2) is 12.3 Å². The van der Waals surface area contributed by atoms with Gasteiger partial charge >= 0.3 is 0 Å². The molecule has 0 saturated carbocycles. The molecule has 0 aliphatic rings. The van der Waals surface area contributed by atoms with Crippen LogP contribution in [0, 0.1) is 0 Å². The van der Waals surface area contributed by atoms with Crippen molar-refractivity contribution in [1.29, 1.82) is 0 Å². The van der Waals surface area contributed by atoms with E-state index in [4.69, 9.17) is 11.6 Å². The Hall–Kier alpha value is -0.700. The summed E-state index contributed by atoms with van der Waals surface area (Å²) in [6, 6.07) is 1.28. The Morgan fingerprint density at radius 2 is 2.00 bits per heavy atom. The van der Waals surface area contributed by atoms with Crippen molar-refractivity contribution in [2.24, 2.45) is 0 Å². The minimum atomic E-state index is -2.89. The van der Waals surface area contributed by atoms with E-state index in [9.17, 15) is 8.78 Å². The highest BCUT2D eigenvalue weighted by atomic mass is 35.5. The van der Waals surface area contributed by atoms with Crippen molar-refractivity contribution in [2.75, 3.05) is 0 Å². The third kappa shape index (κ3) is 2.41. The Balaban J connectivity index is 3.30. The van der Waals surface area contributed by atoms with Crippen LogP contribution >= 0.6 is 11.6 Å². The van der Waals surface area contributed by atoms with Gasteiger partial charge < -0.3 is 0 Å². The van der Waals surface area contributed by atoms with Crippen LogP contribution in [-0.4, -0.2) is 4.98 Å². The second-order valence-electron chi connectivity index (χ2n) is 3.63. The highest BCUT2D eigenvalue weighted by Crippen LogP contribution is 2.33. The van der Waals surface area contributed by atoms with E-state index in [-0.39, 0.29) is 16.5 Å². The zero-order chi connectivity index (χ0) is 10.9. The number of rotatable bonds is 2. The van der Waals surface area contributed by atoms with Crippen LogP contribution in [0.2, 0.25) is 5.02 Å². The molecule has 0 amide bonds. The lowest BCUT2D eigenvalue weighted by Crippen LogP contribution is -2.13. The monoisotopic (exact) mass is 219 g/mol. The molecule has 1 aromatic rings. The number of nitrogens with zero attached hydrogens (tertiary/aromatic N) is 1. The summed E-state index contributed by atoms with van der Waals surface area (Å²) in [5, 5.41) is 0.242. The van der Waals surface area contributed by atoms with Crippen LogP contribution in [-0.2, 0) is 5.92 Å². The maximum atomic E-state index is 13.2. The molecule has 0 fully saturated rings. The Bertz CT molecular complexity index is 331. The molecule has 0 N–H and O–H groups in total.